The monoisotopic (exact) mass is 306 g/mol. The van der Waals surface area contributed by atoms with Gasteiger partial charge in [0.1, 0.15) is 6.10 Å². The van der Waals surface area contributed by atoms with Crippen molar-refractivity contribution in [2.45, 2.75) is 13.0 Å². The number of amides is 1. The predicted octanol–water partition coefficient (Wildman–Crippen LogP) is 2.43. The van der Waals surface area contributed by atoms with Crippen molar-refractivity contribution in [2.75, 3.05) is 6.54 Å². The highest BCUT2D eigenvalue weighted by Crippen LogP contribution is 2.20. The van der Waals surface area contributed by atoms with E-state index in [1.807, 2.05) is 11.4 Å². The average molecular weight is 306 g/mol. The molecule has 110 valence electrons. The number of carbonyl (C=O) groups excluding carboxylic acids is 1. The fraction of sp³-hybridized carbons (Fsp3) is 0.214. The zero-order valence-corrected chi connectivity index (χ0v) is 12.1. The van der Waals surface area contributed by atoms with Crippen molar-refractivity contribution in [3.63, 3.8) is 0 Å². The van der Waals surface area contributed by atoms with Crippen molar-refractivity contribution in [2.24, 2.45) is 0 Å². The molecule has 0 radical (unpaired) electrons. The number of nitrogens with zero attached hydrogens (tertiary/aromatic N) is 1. The van der Waals surface area contributed by atoms with Crippen LogP contribution in [0, 0.1) is 17.0 Å². The topological polar surface area (TPSA) is 92.5 Å². The second kappa shape index (κ2) is 6.47. The Kier molecular flexibility index (Phi) is 4.66. The van der Waals surface area contributed by atoms with E-state index in [2.05, 4.69) is 5.32 Å². The molecule has 1 amide bonds. The van der Waals surface area contributed by atoms with E-state index in [0.717, 1.165) is 4.88 Å². The van der Waals surface area contributed by atoms with E-state index >= 15 is 0 Å². The number of hydrogen-bond donors (Lipinski definition) is 2. The van der Waals surface area contributed by atoms with Crippen LogP contribution in [-0.2, 0) is 0 Å². The first-order chi connectivity index (χ1) is 9.99. The van der Waals surface area contributed by atoms with Crippen LogP contribution in [0.5, 0.6) is 0 Å². The van der Waals surface area contributed by atoms with E-state index in [4.69, 9.17) is 0 Å². The van der Waals surface area contributed by atoms with Gasteiger partial charge in [-0.3, -0.25) is 14.9 Å². The fourth-order valence-electron chi connectivity index (χ4n) is 1.87. The van der Waals surface area contributed by atoms with Gasteiger partial charge in [-0.05, 0) is 30.5 Å². The number of aryl methyl sites for hydroxylation is 1. The van der Waals surface area contributed by atoms with E-state index < -0.39 is 11.0 Å². The normalized spacial score (nSPS) is 11.9. The number of carbonyl (C=O) groups is 1. The Morgan fingerprint density at radius 3 is 2.81 bits per heavy atom. The molecule has 0 saturated carbocycles. The molecule has 0 spiro atoms. The van der Waals surface area contributed by atoms with Crippen LogP contribution in [0.25, 0.3) is 0 Å². The first-order valence-electron chi connectivity index (χ1n) is 6.23. The lowest BCUT2D eigenvalue weighted by atomic mass is 10.1. The van der Waals surface area contributed by atoms with Crippen molar-refractivity contribution in [1.29, 1.82) is 0 Å². The predicted molar refractivity (Wildman–Crippen MR) is 79.4 cm³/mol. The third-order valence-corrected chi connectivity index (χ3v) is 3.96. The number of aliphatic hydroxyl groups excluding tert-OH is 1. The molecule has 0 aliphatic carbocycles. The fourth-order valence-corrected chi connectivity index (χ4v) is 2.59. The summed E-state index contributed by atoms with van der Waals surface area (Å²) in [5, 5.41) is 25.1. The van der Waals surface area contributed by atoms with Gasteiger partial charge in [0, 0.05) is 28.6 Å². The van der Waals surface area contributed by atoms with Gasteiger partial charge in [0.05, 0.1) is 4.92 Å². The molecule has 1 unspecified atom stereocenters. The number of hydrogen-bond acceptors (Lipinski definition) is 5. The Bertz CT molecular complexity index is 655. The second-order valence-electron chi connectivity index (χ2n) is 4.50. The third-order valence-electron chi connectivity index (χ3n) is 2.98. The lowest BCUT2D eigenvalue weighted by Gasteiger charge is -2.10. The van der Waals surface area contributed by atoms with Crippen molar-refractivity contribution in [1.82, 2.24) is 5.32 Å². The van der Waals surface area contributed by atoms with Crippen molar-refractivity contribution >= 4 is 22.9 Å². The van der Waals surface area contributed by atoms with Crippen LogP contribution in [0.3, 0.4) is 0 Å². The minimum absolute atomic E-state index is 0.0230. The van der Waals surface area contributed by atoms with Crippen molar-refractivity contribution in [3.05, 3.63) is 61.8 Å². The van der Waals surface area contributed by atoms with E-state index in [9.17, 15) is 20.0 Å². The standard InChI is InChI=1S/C14H14N2O4S/c1-9-7-10(4-5-11(9)16(19)20)14(18)15-8-12(17)13-3-2-6-21-13/h2-7,12,17H,8H2,1H3,(H,15,18). The largest absolute Gasteiger partial charge is 0.386 e. The van der Waals surface area contributed by atoms with E-state index in [-0.39, 0.29) is 18.1 Å². The maximum Gasteiger partial charge on any atom is 0.272 e. The SMILES string of the molecule is Cc1cc(C(=O)NCC(O)c2cccs2)ccc1[N+](=O)[O-]. The summed E-state index contributed by atoms with van der Waals surface area (Å²) in [6.45, 7) is 1.67. The molecule has 7 heteroatoms. The van der Waals surface area contributed by atoms with Gasteiger partial charge in [-0.25, -0.2) is 0 Å². The first kappa shape index (κ1) is 15.1. The molecule has 0 fully saturated rings. The molecule has 0 aliphatic heterocycles. The van der Waals surface area contributed by atoms with Crippen LogP contribution in [0.15, 0.2) is 35.7 Å². The molecule has 6 nitrogen and oxygen atoms in total. The summed E-state index contributed by atoms with van der Waals surface area (Å²) in [5.41, 5.74) is 0.730. The zero-order valence-electron chi connectivity index (χ0n) is 11.3. The summed E-state index contributed by atoms with van der Waals surface area (Å²) >= 11 is 1.41. The molecule has 0 bridgehead atoms. The summed E-state index contributed by atoms with van der Waals surface area (Å²) in [4.78, 5) is 23.0. The zero-order chi connectivity index (χ0) is 15.4. The molecular weight excluding hydrogens is 292 g/mol. The minimum atomic E-state index is -0.756. The minimum Gasteiger partial charge on any atom is -0.386 e. The number of nitro benzene ring substituents is 1. The Morgan fingerprint density at radius 1 is 1.48 bits per heavy atom. The van der Waals surface area contributed by atoms with Crippen LogP contribution in [0.1, 0.15) is 26.9 Å². The first-order valence-corrected chi connectivity index (χ1v) is 7.11. The molecule has 2 N–H and O–H groups in total. The number of nitro groups is 1. The molecule has 2 aromatic rings. The Hall–Kier alpha value is -2.25. The van der Waals surface area contributed by atoms with Gasteiger partial charge in [0.2, 0.25) is 0 Å². The Morgan fingerprint density at radius 2 is 2.24 bits per heavy atom. The number of rotatable bonds is 5. The molecule has 1 heterocycles. The summed E-state index contributed by atoms with van der Waals surface area (Å²) in [6, 6.07) is 7.78. The van der Waals surface area contributed by atoms with Crippen LogP contribution in [0.2, 0.25) is 0 Å². The average Bonchev–Trinajstić information content (AvgIpc) is 2.98. The number of nitrogens with one attached hydrogen (secondary N) is 1. The molecule has 1 aromatic carbocycles. The van der Waals surface area contributed by atoms with E-state index in [1.54, 1.807) is 13.0 Å². The number of aliphatic hydroxyl groups is 1. The molecular formula is C14H14N2O4S. The quantitative estimate of drug-likeness (QED) is 0.655. The van der Waals surface area contributed by atoms with Gasteiger partial charge in [0.25, 0.3) is 11.6 Å². The molecule has 1 aromatic heterocycles. The number of thiophene rings is 1. The molecule has 1 atom stereocenters. The van der Waals surface area contributed by atoms with Crippen LogP contribution < -0.4 is 5.32 Å². The van der Waals surface area contributed by atoms with E-state index in [0.29, 0.717) is 11.1 Å². The summed E-state index contributed by atoms with van der Waals surface area (Å²) in [6.07, 6.45) is -0.756. The lowest BCUT2D eigenvalue weighted by molar-refractivity contribution is -0.385. The van der Waals surface area contributed by atoms with Gasteiger partial charge in [-0.15, -0.1) is 11.3 Å². The molecule has 21 heavy (non-hydrogen) atoms. The van der Waals surface area contributed by atoms with Gasteiger partial charge < -0.3 is 10.4 Å². The molecule has 2 rings (SSSR count). The van der Waals surface area contributed by atoms with Crippen LogP contribution >= 0.6 is 11.3 Å². The van der Waals surface area contributed by atoms with Gasteiger partial charge >= 0.3 is 0 Å². The van der Waals surface area contributed by atoms with Crippen molar-refractivity contribution < 1.29 is 14.8 Å². The van der Waals surface area contributed by atoms with Gasteiger partial charge in [-0.1, -0.05) is 6.07 Å². The summed E-state index contributed by atoms with van der Waals surface area (Å²) in [5.74, 6) is -0.372. The maximum absolute atomic E-state index is 12.0. The highest BCUT2D eigenvalue weighted by molar-refractivity contribution is 7.10. The summed E-state index contributed by atoms with van der Waals surface area (Å²) in [7, 11) is 0. The maximum atomic E-state index is 12.0. The number of benzene rings is 1. The third kappa shape index (κ3) is 3.65. The Labute approximate surface area is 125 Å². The van der Waals surface area contributed by atoms with Crippen molar-refractivity contribution in [3.8, 4) is 0 Å². The second-order valence-corrected chi connectivity index (χ2v) is 5.48. The molecule has 0 saturated heterocycles. The Balaban J connectivity index is 2.00. The highest BCUT2D eigenvalue weighted by atomic mass is 32.1. The highest BCUT2D eigenvalue weighted by Gasteiger charge is 2.15. The summed E-state index contributed by atoms with van der Waals surface area (Å²) < 4.78 is 0. The van der Waals surface area contributed by atoms with E-state index in [1.165, 1.54) is 29.5 Å². The van der Waals surface area contributed by atoms with Crippen LogP contribution in [-0.4, -0.2) is 22.5 Å². The smallest absolute Gasteiger partial charge is 0.272 e. The van der Waals surface area contributed by atoms with Crippen LogP contribution in [0.4, 0.5) is 5.69 Å². The van der Waals surface area contributed by atoms with Gasteiger partial charge in [-0.2, -0.15) is 0 Å². The lowest BCUT2D eigenvalue weighted by Crippen LogP contribution is -2.28. The molecule has 0 aliphatic rings. The van der Waals surface area contributed by atoms with Gasteiger partial charge in [0.15, 0.2) is 0 Å².